The molecule has 21 heavy (non-hydrogen) atoms. The summed E-state index contributed by atoms with van der Waals surface area (Å²) in [4.78, 5) is 12.5. The number of amides is 1. The zero-order valence-electron chi connectivity index (χ0n) is 10.8. The van der Waals surface area contributed by atoms with E-state index in [2.05, 4.69) is 17.9 Å². The van der Waals surface area contributed by atoms with Gasteiger partial charge in [-0.3, -0.25) is 4.79 Å². The highest BCUT2D eigenvalue weighted by Crippen LogP contribution is 2.29. The van der Waals surface area contributed by atoms with Gasteiger partial charge in [-0.25, -0.2) is 0 Å². The van der Waals surface area contributed by atoms with Crippen LogP contribution in [0.1, 0.15) is 21.5 Å². The van der Waals surface area contributed by atoms with Gasteiger partial charge in [-0.1, -0.05) is 24.3 Å². The maximum Gasteiger partial charge on any atom is 0.416 e. The summed E-state index contributed by atoms with van der Waals surface area (Å²) in [5.74, 6) is -0.377. The lowest BCUT2D eigenvalue weighted by Gasteiger charge is -2.10. The summed E-state index contributed by atoms with van der Waals surface area (Å²) in [5, 5.41) is 2.58. The molecule has 1 N–H and O–H groups in total. The van der Waals surface area contributed by atoms with Crippen LogP contribution in [-0.2, 0) is 12.7 Å². The van der Waals surface area contributed by atoms with Gasteiger partial charge in [-0.2, -0.15) is 13.2 Å². The molecule has 1 amide bonds. The lowest BCUT2D eigenvalue weighted by atomic mass is 10.1. The average molecular weight is 311 g/mol. The molecule has 6 heteroatoms. The Morgan fingerprint density at radius 3 is 2.48 bits per heavy atom. The zero-order chi connectivity index (χ0) is 15.5. The molecule has 0 atom stereocenters. The number of alkyl halides is 3. The minimum absolute atomic E-state index is 0.0187. The topological polar surface area (TPSA) is 29.1 Å². The number of carbonyl (C=O) groups is 1. The van der Waals surface area contributed by atoms with Gasteiger partial charge in [0, 0.05) is 11.4 Å². The van der Waals surface area contributed by atoms with E-state index in [1.54, 1.807) is 24.3 Å². The van der Waals surface area contributed by atoms with Gasteiger partial charge in [0.05, 0.1) is 11.1 Å². The van der Waals surface area contributed by atoms with Crippen LogP contribution in [0.5, 0.6) is 0 Å². The van der Waals surface area contributed by atoms with Crippen LogP contribution in [0, 0.1) is 0 Å². The molecule has 0 aliphatic carbocycles. The summed E-state index contributed by atoms with van der Waals surface area (Å²) in [6.45, 7) is 0.0187. The van der Waals surface area contributed by atoms with Gasteiger partial charge in [0.2, 0.25) is 0 Å². The van der Waals surface area contributed by atoms with E-state index in [1.165, 1.54) is 12.1 Å². The molecule has 0 aliphatic heterocycles. The molecule has 0 fully saturated rings. The van der Waals surface area contributed by atoms with Gasteiger partial charge >= 0.3 is 6.18 Å². The third-order valence-corrected chi connectivity index (χ3v) is 3.25. The van der Waals surface area contributed by atoms with E-state index >= 15 is 0 Å². The molecule has 0 radical (unpaired) electrons. The first-order valence-electron chi connectivity index (χ1n) is 6.10. The van der Waals surface area contributed by atoms with Gasteiger partial charge in [0.1, 0.15) is 0 Å². The first-order chi connectivity index (χ1) is 9.88. The van der Waals surface area contributed by atoms with E-state index in [4.69, 9.17) is 0 Å². The number of carbonyl (C=O) groups excluding carboxylic acids is 1. The van der Waals surface area contributed by atoms with Crippen LogP contribution in [0.2, 0.25) is 0 Å². The number of hydrogen-bond donors (Lipinski definition) is 2. The highest BCUT2D eigenvalue weighted by molar-refractivity contribution is 7.80. The van der Waals surface area contributed by atoms with Crippen molar-refractivity contribution in [2.45, 2.75) is 17.6 Å². The maximum absolute atomic E-state index is 12.6. The van der Waals surface area contributed by atoms with Crippen LogP contribution >= 0.6 is 12.6 Å². The smallest absolute Gasteiger partial charge is 0.348 e. The molecular formula is C15H12F3NOS. The third-order valence-electron chi connectivity index (χ3n) is 2.86. The van der Waals surface area contributed by atoms with Crippen LogP contribution < -0.4 is 5.32 Å². The van der Waals surface area contributed by atoms with Crippen LogP contribution in [0.3, 0.4) is 0 Å². The SMILES string of the molecule is O=C(NCc1cccc(C(F)(F)F)c1)c1ccccc1S. The largest absolute Gasteiger partial charge is 0.416 e. The second-order valence-corrected chi connectivity index (χ2v) is 4.88. The summed E-state index contributed by atoms with van der Waals surface area (Å²) < 4.78 is 37.8. The Balaban J connectivity index is 2.07. The van der Waals surface area contributed by atoms with Crippen molar-refractivity contribution in [3.63, 3.8) is 0 Å². The highest BCUT2D eigenvalue weighted by atomic mass is 32.1. The molecule has 110 valence electrons. The number of rotatable bonds is 3. The van der Waals surface area contributed by atoms with E-state index in [0.29, 0.717) is 16.0 Å². The summed E-state index contributed by atoms with van der Waals surface area (Å²) in [6.07, 6.45) is -4.39. The van der Waals surface area contributed by atoms with E-state index in [0.717, 1.165) is 12.1 Å². The molecule has 2 rings (SSSR count). The summed E-state index contributed by atoms with van der Waals surface area (Å²) in [6, 6.07) is 11.6. The molecule has 0 aliphatic rings. The fourth-order valence-corrected chi connectivity index (χ4v) is 2.06. The zero-order valence-corrected chi connectivity index (χ0v) is 11.7. The molecule has 0 saturated heterocycles. The molecule has 2 aromatic carbocycles. The van der Waals surface area contributed by atoms with Crippen LogP contribution in [0.4, 0.5) is 13.2 Å². The Morgan fingerprint density at radius 1 is 1.10 bits per heavy atom. The Kier molecular flexibility index (Phi) is 4.57. The average Bonchev–Trinajstić information content (AvgIpc) is 2.45. The monoisotopic (exact) mass is 311 g/mol. The van der Waals surface area contributed by atoms with Gasteiger partial charge in [0.25, 0.3) is 5.91 Å². The first kappa shape index (κ1) is 15.4. The number of benzene rings is 2. The van der Waals surface area contributed by atoms with Gasteiger partial charge in [0.15, 0.2) is 0 Å². The lowest BCUT2D eigenvalue weighted by Crippen LogP contribution is -2.23. The number of thiol groups is 1. The van der Waals surface area contributed by atoms with Crippen molar-refractivity contribution in [3.05, 3.63) is 65.2 Å². The van der Waals surface area contributed by atoms with E-state index in [-0.39, 0.29) is 12.5 Å². The number of hydrogen-bond acceptors (Lipinski definition) is 2. The Labute approximate surface area is 125 Å². The predicted molar refractivity (Wildman–Crippen MR) is 76.3 cm³/mol. The molecule has 0 aromatic heterocycles. The minimum atomic E-state index is -4.39. The first-order valence-corrected chi connectivity index (χ1v) is 6.55. The standard InChI is InChI=1S/C15H12F3NOS/c16-15(17,18)11-5-3-4-10(8-11)9-19-14(20)12-6-1-2-7-13(12)21/h1-8,21H,9H2,(H,19,20). The fourth-order valence-electron chi connectivity index (χ4n) is 1.80. The molecule has 0 unspecified atom stereocenters. The summed E-state index contributed by atoms with van der Waals surface area (Å²) in [7, 11) is 0. The summed E-state index contributed by atoms with van der Waals surface area (Å²) in [5.41, 5.74) is 0.0338. The van der Waals surface area contributed by atoms with Crippen molar-refractivity contribution in [2.24, 2.45) is 0 Å². The minimum Gasteiger partial charge on any atom is -0.348 e. The molecule has 0 spiro atoms. The predicted octanol–water partition coefficient (Wildman–Crippen LogP) is 3.92. The van der Waals surface area contributed by atoms with Crippen molar-refractivity contribution >= 4 is 18.5 Å². The van der Waals surface area contributed by atoms with E-state index in [1.807, 2.05) is 0 Å². The summed E-state index contributed by atoms with van der Waals surface area (Å²) >= 11 is 4.16. The second kappa shape index (κ2) is 6.22. The van der Waals surface area contributed by atoms with Crippen LogP contribution in [-0.4, -0.2) is 5.91 Å². The van der Waals surface area contributed by atoms with Gasteiger partial charge in [-0.05, 0) is 29.8 Å². The Bertz CT molecular complexity index is 655. The molecule has 2 aromatic rings. The van der Waals surface area contributed by atoms with Gasteiger partial charge < -0.3 is 5.32 Å². The normalized spacial score (nSPS) is 11.2. The lowest BCUT2D eigenvalue weighted by molar-refractivity contribution is -0.137. The van der Waals surface area contributed by atoms with Gasteiger partial charge in [-0.15, -0.1) is 12.6 Å². The highest BCUT2D eigenvalue weighted by Gasteiger charge is 2.30. The number of nitrogens with one attached hydrogen (secondary N) is 1. The van der Waals surface area contributed by atoms with Crippen molar-refractivity contribution in [3.8, 4) is 0 Å². The van der Waals surface area contributed by atoms with Crippen molar-refractivity contribution in [1.82, 2.24) is 5.32 Å². The van der Waals surface area contributed by atoms with Crippen molar-refractivity contribution in [2.75, 3.05) is 0 Å². The third kappa shape index (κ3) is 4.01. The van der Waals surface area contributed by atoms with Crippen LogP contribution in [0.25, 0.3) is 0 Å². The van der Waals surface area contributed by atoms with Crippen molar-refractivity contribution < 1.29 is 18.0 Å². The maximum atomic E-state index is 12.6. The number of halogens is 3. The molecular weight excluding hydrogens is 299 g/mol. The molecule has 2 nitrogen and oxygen atoms in total. The molecule has 0 bridgehead atoms. The molecule has 0 heterocycles. The Hall–Kier alpha value is -1.95. The quantitative estimate of drug-likeness (QED) is 0.827. The Morgan fingerprint density at radius 2 is 1.81 bits per heavy atom. The van der Waals surface area contributed by atoms with E-state index < -0.39 is 11.7 Å². The van der Waals surface area contributed by atoms with E-state index in [9.17, 15) is 18.0 Å². The second-order valence-electron chi connectivity index (χ2n) is 4.40. The van der Waals surface area contributed by atoms with Crippen LogP contribution in [0.15, 0.2) is 53.4 Å². The van der Waals surface area contributed by atoms with Crippen molar-refractivity contribution in [1.29, 1.82) is 0 Å². The molecule has 0 saturated carbocycles. The fraction of sp³-hybridized carbons (Fsp3) is 0.133.